The summed E-state index contributed by atoms with van der Waals surface area (Å²) in [5, 5.41) is 4.67. The maximum atomic E-state index is 13.2. The lowest BCUT2D eigenvalue weighted by Crippen LogP contribution is -2.07. The number of benzene rings is 2. The Morgan fingerprint density at radius 3 is 2.58 bits per heavy atom. The summed E-state index contributed by atoms with van der Waals surface area (Å²) in [6.45, 7) is 0. The average molecular weight is 320 g/mol. The number of nitrogens with zero attached hydrogens (tertiary/aromatic N) is 3. The third kappa shape index (κ3) is 2.28. The molecule has 1 N–H and O–H groups in total. The van der Waals surface area contributed by atoms with Gasteiger partial charge in [0.25, 0.3) is 5.56 Å². The Labute approximate surface area is 136 Å². The fraction of sp³-hybridized carbons (Fsp3) is 0.0556. The van der Waals surface area contributed by atoms with E-state index in [4.69, 9.17) is 0 Å². The highest BCUT2D eigenvalue weighted by atomic mass is 19.1. The first-order valence-electron chi connectivity index (χ1n) is 7.39. The Bertz CT molecular complexity index is 1100. The standard InChI is InChI=1S/C18H13FN4O/c1-23-16(6-7-22-23)14-8-12(11-2-4-13(19)5-3-11)9-15-17(14)20-10-21-18(15)24/h2-10H,1H3,(H,20,21,24). The van der Waals surface area contributed by atoms with Crippen molar-refractivity contribution < 1.29 is 4.39 Å². The van der Waals surface area contributed by atoms with Gasteiger partial charge in [0.15, 0.2) is 0 Å². The molecule has 24 heavy (non-hydrogen) atoms. The minimum absolute atomic E-state index is 0.215. The van der Waals surface area contributed by atoms with Gasteiger partial charge in [-0.25, -0.2) is 9.37 Å². The summed E-state index contributed by atoms with van der Waals surface area (Å²) < 4.78 is 14.9. The molecule has 2 aromatic carbocycles. The summed E-state index contributed by atoms with van der Waals surface area (Å²) in [4.78, 5) is 19.2. The third-order valence-electron chi connectivity index (χ3n) is 4.02. The van der Waals surface area contributed by atoms with E-state index in [-0.39, 0.29) is 11.4 Å². The SMILES string of the molecule is Cn1nccc1-c1cc(-c2ccc(F)cc2)cc2c(=O)[nH]cnc12. The van der Waals surface area contributed by atoms with Crippen LogP contribution in [0, 0.1) is 5.82 Å². The number of aromatic amines is 1. The smallest absolute Gasteiger partial charge is 0.258 e. The van der Waals surface area contributed by atoms with Crippen LogP contribution in [0.25, 0.3) is 33.3 Å². The lowest BCUT2D eigenvalue weighted by atomic mass is 9.98. The molecule has 0 spiro atoms. The fourth-order valence-corrected chi connectivity index (χ4v) is 2.82. The number of halogens is 1. The monoisotopic (exact) mass is 320 g/mol. The molecule has 2 heterocycles. The van der Waals surface area contributed by atoms with Crippen LogP contribution in [-0.4, -0.2) is 19.7 Å². The van der Waals surface area contributed by atoms with Crippen molar-refractivity contribution in [3.8, 4) is 22.4 Å². The van der Waals surface area contributed by atoms with E-state index in [9.17, 15) is 9.18 Å². The van der Waals surface area contributed by atoms with Crippen molar-refractivity contribution in [3.05, 3.63) is 71.2 Å². The molecule has 0 atom stereocenters. The van der Waals surface area contributed by atoms with Gasteiger partial charge in [0.05, 0.1) is 22.9 Å². The predicted molar refractivity (Wildman–Crippen MR) is 90.0 cm³/mol. The van der Waals surface area contributed by atoms with Crippen molar-refractivity contribution in [3.63, 3.8) is 0 Å². The van der Waals surface area contributed by atoms with Gasteiger partial charge < -0.3 is 4.98 Å². The Morgan fingerprint density at radius 1 is 1.08 bits per heavy atom. The Balaban J connectivity index is 2.07. The normalized spacial score (nSPS) is 11.1. The molecule has 5 nitrogen and oxygen atoms in total. The van der Waals surface area contributed by atoms with Crippen molar-refractivity contribution >= 4 is 10.9 Å². The minimum Gasteiger partial charge on any atom is -0.313 e. The highest BCUT2D eigenvalue weighted by Crippen LogP contribution is 2.31. The van der Waals surface area contributed by atoms with E-state index in [0.717, 1.165) is 22.4 Å². The van der Waals surface area contributed by atoms with Crippen LogP contribution in [-0.2, 0) is 7.05 Å². The quantitative estimate of drug-likeness (QED) is 0.617. The van der Waals surface area contributed by atoms with E-state index < -0.39 is 0 Å². The van der Waals surface area contributed by atoms with Crippen molar-refractivity contribution in [2.75, 3.05) is 0 Å². The van der Waals surface area contributed by atoms with Gasteiger partial charge in [0.1, 0.15) is 5.82 Å². The summed E-state index contributed by atoms with van der Waals surface area (Å²) in [7, 11) is 1.83. The largest absolute Gasteiger partial charge is 0.313 e. The maximum Gasteiger partial charge on any atom is 0.258 e. The first-order valence-corrected chi connectivity index (χ1v) is 7.39. The van der Waals surface area contributed by atoms with Crippen LogP contribution in [0.1, 0.15) is 0 Å². The summed E-state index contributed by atoms with van der Waals surface area (Å²) >= 11 is 0. The first kappa shape index (κ1) is 14.3. The van der Waals surface area contributed by atoms with Gasteiger partial charge in [-0.05, 0) is 41.5 Å². The Morgan fingerprint density at radius 2 is 1.88 bits per heavy atom. The van der Waals surface area contributed by atoms with Gasteiger partial charge >= 0.3 is 0 Å². The molecule has 4 aromatic rings. The van der Waals surface area contributed by atoms with Crippen LogP contribution in [0.15, 0.2) is 59.8 Å². The highest BCUT2D eigenvalue weighted by Gasteiger charge is 2.13. The van der Waals surface area contributed by atoms with Gasteiger partial charge in [0.2, 0.25) is 0 Å². The molecule has 0 amide bonds. The van der Waals surface area contributed by atoms with Crippen LogP contribution < -0.4 is 5.56 Å². The lowest BCUT2D eigenvalue weighted by molar-refractivity contribution is 0.628. The molecule has 118 valence electrons. The van der Waals surface area contributed by atoms with E-state index in [2.05, 4.69) is 15.1 Å². The van der Waals surface area contributed by atoms with Crippen molar-refractivity contribution in [2.45, 2.75) is 0 Å². The number of fused-ring (bicyclic) bond motifs is 1. The van der Waals surface area contributed by atoms with Gasteiger partial charge in [-0.15, -0.1) is 0 Å². The molecule has 2 aromatic heterocycles. The lowest BCUT2D eigenvalue weighted by Gasteiger charge is -2.10. The van der Waals surface area contributed by atoms with Gasteiger partial charge in [-0.1, -0.05) is 12.1 Å². The molecule has 0 aliphatic rings. The van der Waals surface area contributed by atoms with E-state index in [1.807, 2.05) is 19.2 Å². The van der Waals surface area contributed by atoms with Crippen LogP contribution in [0.4, 0.5) is 4.39 Å². The van der Waals surface area contributed by atoms with Crippen LogP contribution in [0.3, 0.4) is 0 Å². The number of hydrogen-bond donors (Lipinski definition) is 1. The van der Waals surface area contributed by atoms with E-state index in [0.29, 0.717) is 10.9 Å². The van der Waals surface area contributed by atoms with Crippen LogP contribution >= 0.6 is 0 Å². The molecule has 0 radical (unpaired) electrons. The van der Waals surface area contributed by atoms with Gasteiger partial charge in [-0.2, -0.15) is 5.10 Å². The summed E-state index contributed by atoms with van der Waals surface area (Å²) in [5.41, 5.74) is 3.68. The van der Waals surface area contributed by atoms with Crippen molar-refractivity contribution in [1.29, 1.82) is 0 Å². The molecule has 6 heteroatoms. The topological polar surface area (TPSA) is 63.6 Å². The molecule has 0 saturated heterocycles. The molecule has 0 bridgehead atoms. The van der Waals surface area contributed by atoms with Crippen molar-refractivity contribution in [1.82, 2.24) is 19.7 Å². The second kappa shape index (κ2) is 5.42. The third-order valence-corrected chi connectivity index (χ3v) is 4.02. The van der Waals surface area contributed by atoms with E-state index in [1.165, 1.54) is 18.5 Å². The molecular weight excluding hydrogens is 307 g/mol. The van der Waals surface area contributed by atoms with Gasteiger partial charge in [-0.3, -0.25) is 9.48 Å². The second-order valence-electron chi connectivity index (χ2n) is 5.50. The molecular formula is C18H13FN4O. The zero-order valence-corrected chi connectivity index (χ0v) is 12.8. The average Bonchev–Trinajstić information content (AvgIpc) is 3.01. The first-order chi connectivity index (χ1) is 11.6. The maximum absolute atomic E-state index is 13.2. The summed E-state index contributed by atoms with van der Waals surface area (Å²) in [6, 6.07) is 11.8. The molecule has 0 unspecified atom stereocenters. The number of aryl methyl sites for hydroxylation is 1. The number of aromatic nitrogens is 4. The molecule has 0 saturated carbocycles. The van der Waals surface area contributed by atoms with E-state index >= 15 is 0 Å². The number of hydrogen-bond acceptors (Lipinski definition) is 3. The second-order valence-corrected chi connectivity index (χ2v) is 5.50. The zero-order valence-electron chi connectivity index (χ0n) is 12.8. The van der Waals surface area contributed by atoms with E-state index in [1.54, 1.807) is 29.1 Å². The minimum atomic E-state index is -0.300. The number of H-pyrrole nitrogens is 1. The van der Waals surface area contributed by atoms with Crippen LogP contribution in [0.2, 0.25) is 0 Å². The van der Waals surface area contributed by atoms with Crippen LogP contribution in [0.5, 0.6) is 0 Å². The summed E-state index contributed by atoms with van der Waals surface area (Å²) in [6.07, 6.45) is 3.08. The van der Waals surface area contributed by atoms with Gasteiger partial charge in [0, 0.05) is 18.8 Å². The fourth-order valence-electron chi connectivity index (χ4n) is 2.82. The Kier molecular flexibility index (Phi) is 3.23. The zero-order chi connectivity index (χ0) is 16.7. The Hall–Kier alpha value is -3.28. The predicted octanol–water partition coefficient (Wildman–Crippen LogP) is 3.13. The number of nitrogens with one attached hydrogen (secondary N) is 1. The van der Waals surface area contributed by atoms with Crippen molar-refractivity contribution in [2.24, 2.45) is 7.05 Å². The summed E-state index contributed by atoms with van der Waals surface area (Å²) in [5.74, 6) is -0.300. The highest BCUT2D eigenvalue weighted by molar-refractivity contribution is 5.96. The molecule has 4 rings (SSSR count). The molecule has 0 fully saturated rings. The molecule has 0 aliphatic heterocycles. The molecule has 0 aliphatic carbocycles. The number of rotatable bonds is 2.